The summed E-state index contributed by atoms with van der Waals surface area (Å²) in [6.07, 6.45) is 1.74. The van der Waals surface area contributed by atoms with E-state index in [-0.39, 0.29) is 6.61 Å². The van der Waals surface area contributed by atoms with Crippen LogP contribution in [0.3, 0.4) is 0 Å². The van der Waals surface area contributed by atoms with Crippen molar-refractivity contribution in [2.24, 2.45) is 7.05 Å². The van der Waals surface area contributed by atoms with Gasteiger partial charge in [0.2, 0.25) is 0 Å². The highest BCUT2D eigenvalue weighted by Crippen LogP contribution is 2.23. The smallest absolute Gasteiger partial charge is 0.0735 e. The maximum absolute atomic E-state index is 9.10. The third kappa shape index (κ3) is 1.30. The van der Waals surface area contributed by atoms with Gasteiger partial charge in [-0.1, -0.05) is 11.6 Å². The molecule has 0 aliphatic heterocycles. The topological polar surface area (TPSA) is 38.0 Å². The maximum atomic E-state index is 9.10. The van der Waals surface area contributed by atoms with Crippen LogP contribution in [0, 0.1) is 0 Å². The summed E-state index contributed by atoms with van der Waals surface area (Å²) < 4.78 is 1.73. The number of fused-ring (bicyclic) bond motifs is 1. The molecule has 0 unspecified atom stereocenters. The van der Waals surface area contributed by atoms with Crippen molar-refractivity contribution in [2.45, 2.75) is 6.61 Å². The molecule has 2 rings (SSSR count). The van der Waals surface area contributed by atoms with Crippen LogP contribution in [0.25, 0.3) is 10.9 Å². The fraction of sp³-hybridized carbons (Fsp3) is 0.222. The molecule has 0 amide bonds. The van der Waals surface area contributed by atoms with E-state index in [2.05, 4.69) is 5.10 Å². The Morgan fingerprint density at radius 1 is 1.54 bits per heavy atom. The Balaban J connectivity index is 2.85. The van der Waals surface area contributed by atoms with Crippen molar-refractivity contribution in [2.75, 3.05) is 0 Å². The monoisotopic (exact) mass is 196 g/mol. The largest absolute Gasteiger partial charge is 0.392 e. The number of aromatic nitrogens is 2. The molecule has 0 spiro atoms. The van der Waals surface area contributed by atoms with Crippen molar-refractivity contribution in [3.8, 4) is 0 Å². The molecule has 0 aliphatic carbocycles. The molecule has 1 N–H and O–H groups in total. The number of rotatable bonds is 1. The quantitative estimate of drug-likeness (QED) is 0.754. The standard InChI is InChI=1S/C9H9ClN2O/c1-12-9-6(4-11-12)2-8(10)3-7(9)5-13/h2-4,13H,5H2,1H3. The van der Waals surface area contributed by atoms with Crippen LogP contribution in [-0.2, 0) is 13.7 Å². The number of aliphatic hydroxyl groups excluding tert-OH is 1. The lowest BCUT2D eigenvalue weighted by molar-refractivity contribution is 0.283. The molecule has 68 valence electrons. The number of hydrogen-bond donors (Lipinski definition) is 1. The summed E-state index contributed by atoms with van der Waals surface area (Å²) in [4.78, 5) is 0. The predicted octanol–water partition coefficient (Wildman–Crippen LogP) is 1.72. The molecule has 0 aliphatic rings. The van der Waals surface area contributed by atoms with Gasteiger partial charge >= 0.3 is 0 Å². The summed E-state index contributed by atoms with van der Waals surface area (Å²) in [6, 6.07) is 3.59. The second-order valence-electron chi connectivity index (χ2n) is 2.93. The van der Waals surface area contributed by atoms with Crippen LogP contribution in [0.1, 0.15) is 5.56 Å². The van der Waals surface area contributed by atoms with Gasteiger partial charge in [0, 0.05) is 23.0 Å². The Morgan fingerprint density at radius 2 is 2.31 bits per heavy atom. The number of aliphatic hydroxyl groups is 1. The number of nitrogens with zero attached hydrogens (tertiary/aromatic N) is 2. The van der Waals surface area contributed by atoms with Crippen molar-refractivity contribution >= 4 is 22.5 Å². The third-order valence-electron chi connectivity index (χ3n) is 2.05. The first-order valence-electron chi connectivity index (χ1n) is 3.93. The summed E-state index contributed by atoms with van der Waals surface area (Å²) in [5.41, 5.74) is 1.74. The van der Waals surface area contributed by atoms with E-state index in [4.69, 9.17) is 16.7 Å². The normalized spacial score (nSPS) is 11.0. The van der Waals surface area contributed by atoms with Crippen LogP contribution < -0.4 is 0 Å². The van der Waals surface area contributed by atoms with E-state index in [1.807, 2.05) is 13.1 Å². The lowest BCUT2D eigenvalue weighted by atomic mass is 10.1. The predicted molar refractivity (Wildman–Crippen MR) is 51.6 cm³/mol. The average molecular weight is 197 g/mol. The van der Waals surface area contributed by atoms with Gasteiger partial charge in [-0.2, -0.15) is 5.10 Å². The lowest BCUT2D eigenvalue weighted by Crippen LogP contribution is -1.94. The van der Waals surface area contributed by atoms with Crippen molar-refractivity contribution in [3.63, 3.8) is 0 Å². The summed E-state index contributed by atoms with van der Waals surface area (Å²) in [7, 11) is 1.84. The molecule has 1 heterocycles. The molecule has 0 saturated heterocycles. The van der Waals surface area contributed by atoms with Crippen LogP contribution >= 0.6 is 11.6 Å². The highest BCUT2D eigenvalue weighted by Gasteiger charge is 2.06. The van der Waals surface area contributed by atoms with Crippen LogP contribution in [0.2, 0.25) is 5.02 Å². The van der Waals surface area contributed by atoms with Gasteiger partial charge in [-0.15, -0.1) is 0 Å². The van der Waals surface area contributed by atoms with E-state index in [1.54, 1.807) is 16.9 Å². The number of benzene rings is 1. The van der Waals surface area contributed by atoms with Gasteiger partial charge in [-0.3, -0.25) is 4.68 Å². The molecule has 0 fully saturated rings. The zero-order chi connectivity index (χ0) is 9.42. The minimum Gasteiger partial charge on any atom is -0.392 e. The Labute approximate surface area is 80.5 Å². The molecule has 3 nitrogen and oxygen atoms in total. The van der Waals surface area contributed by atoms with Gasteiger partial charge in [-0.25, -0.2) is 0 Å². The Morgan fingerprint density at radius 3 is 3.00 bits per heavy atom. The molecule has 13 heavy (non-hydrogen) atoms. The molecule has 1 aromatic carbocycles. The lowest BCUT2D eigenvalue weighted by Gasteiger charge is -2.02. The SMILES string of the molecule is Cn1ncc2cc(Cl)cc(CO)c21. The zero-order valence-electron chi connectivity index (χ0n) is 7.16. The van der Waals surface area contributed by atoms with Gasteiger partial charge in [-0.05, 0) is 12.1 Å². The summed E-state index contributed by atoms with van der Waals surface area (Å²) in [6.45, 7) is -0.0173. The van der Waals surface area contributed by atoms with Crippen molar-refractivity contribution in [3.05, 3.63) is 28.9 Å². The molecular weight excluding hydrogens is 188 g/mol. The molecule has 0 saturated carbocycles. The van der Waals surface area contributed by atoms with E-state index in [1.165, 1.54) is 0 Å². The molecule has 0 radical (unpaired) electrons. The first-order chi connectivity index (χ1) is 6.22. The molecule has 1 aromatic heterocycles. The minimum absolute atomic E-state index is 0.0173. The second kappa shape index (κ2) is 3.01. The van der Waals surface area contributed by atoms with Crippen molar-refractivity contribution < 1.29 is 5.11 Å². The van der Waals surface area contributed by atoms with E-state index in [9.17, 15) is 0 Å². The molecule has 0 bridgehead atoms. The fourth-order valence-electron chi connectivity index (χ4n) is 1.50. The van der Waals surface area contributed by atoms with Crippen LogP contribution in [0.5, 0.6) is 0 Å². The first-order valence-corrected chi connectivity index (χ1v) is 4.31. The number of hydrogen-bond acceptors (Lipinski definition) is 2. The van der Waals surface area contributed by atoms with Crippen molar-refractivity contribution in [1.29, 1.82) is 0 Å². The van der Waals surface area contributed by atoms with Gasteiger partial charge in [0.05, 0.1) is 18.3 Å². The van der Waals surface area contributed by atoms with Crippen LogP contribution in [-0.4, -0.2) is 14.9 Å². The zero-order valence-corrected chi connectivity index (χ0v) is 7.91. The van der Waals surface area contributed by atoms with Crippen molar-refractivity contribution in [1.82, 2.24) is 9.78 Å². The molecular formula is C9H9ClN2O. The third-order valence-corrected chi connectivity index (χ3v) is 2.27. The summed E-state index contributed by atoms with van der Waals surface area (Å²) >= 11 is 5.86. The summed E-state index contributed by atoms with van der Waals surface area (Å²) in [5, 5.41) is 14.8. The average Bonchev–Trinajstić information content (AvgIpc) is 2.46. The van der Waals surface area contributed by atoms with E-state index in [0.717, 1.165) is 16.5 Å². The second-order valence-corrected chi connectivity index (χ2v) is 3.37. The highest BCUT2D eigenvalue weighted by atomic mass is 35.5. The first kappa shape index (κ1) is 8.53. The van der Waals surface area contributed by atoms with Gasteiger partial charge in [0.1, 0.15) is 0 Å². The van der Waals surface area contributed by atoms with Gasteiger partial charge < -0.3 is 5.11 Å². The Kier molecular flexibility index (Phi) is 1.98. The highest BCUT2D eigenvalue weighted by molar-refractivity contribution is 6.31. The number of halogens is 1. The molecule has 4 heteroatoms. The maximum Gasteiger partial charge on any atom is 0.0735 e. The van der Waals surface area contributed by atoms with Gasteiger partial charge in [0.25, 0.3) is 0 Å². The van der Waals surface area contributed by atoms with E-state index < -0.39 is 0 Å². The van der Waals surface area contributed by atoms with E-state index >= 15 is 0 Å². The summed E-state index contributed by atoms with van der Waals surface area (Å²) in [5.74, 6) is 0. The minimum atomic E-state index is -0.0173. The van der Waals surface area contributed by atoms with Crippen LogP contribution in [0.15, 0.2) is 18.3 Å². The fourth-order valence-corrected chi connectivity index (χ4v) is 1.75. The number of aryl methyl sites for hydroxylation is 1. The van der Waals surface area contributed by atoms with Gasteiger partial charge in [0.15, 0.2) is 0 Å². The Hall–Kier alpha value is -1.06. The van der Waals surface area contributed by atoms with E-state index in [0.29, 0.717) is 5.02 Å². The molecule has 2 aromatic rings. The molecule has 0 atom stereocenters. The Bertz CT molecular complexity index is 450. The van der Waals surface area contributed by atoms with Crippen LogP contribution in [0.4, 0.5) is 0 Å².